The molecule has 6 rings (SSSR count). The first-order chi connectivity index (χ1) is 16.9. The Balaban J connectivity index is 1.51. The summed E-state index contributed by atoms with van der Waals surface area (Å²) in [5.74, 6) is 0. The molecular formula is C32H28N2O. The number of benzene rings is 3. The highest BCUT2D eigenvalue weighted by Crippen LogP contribution is 2.36. The van der Waals surface area contributed by atoms with E-state index in [1.165, 1.54) is 21.9 Å². The van der Waals surface area contributed by atoms with Gasteiger partial charge in [0.05, 0.1) is 12.0 Å². The summed E-state index contributed by atoms with van der Waals surface area (Å²) in [6.45, 7) is 8.74. The molecule has 0 amide bonds. The number of fused-ring (bicyclic) bond motifs is 4. The molecule has 0 saturated heterocycles. The minimum absolute atomic E-state index is 0.0464. The number of hydrogen-bond donors (Lipinski definition) is 0. The zero-order valence-electron chi connectivity index (χ0n) is 20.6. The Kier molecular flexibility index (Phi) is 4.96. The van der Waals surface area contributed by atoms with Gasteiger partial charge in [0.25, 0.3) is 0 Å². The van der Waals surface area contributed by atoms with E-state index in [9.17, 15) is 0 Å². The molecule has 3 heterocycles. The Morgan fingerprint density at radius 1 is 0.771 bits per heavy atom. The smallest absolute Gasteiger partial charge is 0.160 e. The van der Waals surface area contributed by atoms with Gasteiger partial charge in [-0.1, -0.05) is 64.1 Å². The van der Waals surface area contributed by atoms with E-state index in [4.69, 9.17) is 14.4 Å². The van der Waals surface area contributed by atoms with Crippen molar-refractivity contribution in [3.8, 4) is 22.4 Å². The van der Waals surface area contributed by atoms with Gasteiger partial charge in [-0.25, -0.2) is 4.98 Å². The number of pyridine rings is 2. The Bertz CT molecular complexity index is 1720. The van der Waals surface area contributed by atoms with Crippen LogP contribution >= 0.6 is 0 Å². The average Bonchev–Trinajstić information content (AvgIpc) is 3.36. The summed E-state index contributed by atoms with van der Waals surface area (Å²) in [5, 5.41) is 4.62. The Morgan fingerprint density at radius 3 is 2.40 bits per heavy atom. The first kappa shape index (κ1) is 21.5. The van der Waals surface area contributed by atoms with E-state index in [1.807, 2.05) is 12.3 Å². The van der Waals surface area contributed by atoms with Crippen molar-refractivity contribution in [2.24, 2.45) is 0 Å². The number of aryl methyl sites for hydroxylation is 1. The van der Waals surface area contributed by atoms with Crippen LogP contribution in [0.3, 0.4) is 0 Å². The molecule has 0 aliphatic rings. The standard InChI is InChI=1S/C32H28N2O/c1-5-20-6-7-22-17-23(9-8-21(22)16-20)24-12-14-33-28(19-24)27-18-25-13-15-35-31(25)30-26(27)10-11-29(34-30)32(2,3)4/h6-19H,5H2,1-4H3. The minimum Gasteiger partial charge on any atom is -0.462 e. The predicted octanol–water partition coefficient (Wildman–Crippen LogP) is 8.72. The van der Waals surface area contributed by atoms with Gasteiger partial charge in [-0.15, -0.1) is 0 Å². The molecule has 6 aromatic rings. The topological polar surface area (TPSA) is 38.9 Å². The van der Waals surface area contributed by atoms with Gasteiger partial charge in [0, 0.05) is 33.6 Å². The number of hydrogen-bond acceptors (Lipinski definition) is 3. The summed E-state index contributed by atoms with van der Waals surface area (Å²) < 4.78 is 5.86. The second-order valence-electron chi connectivity index (χ2n) is 10.3. The Morgan fingerprint density at radius 2 is 1.57 bits per heavy atom. The fraction of sp³-hybridized carbons (Fsp3) is 0.188. The average molecular weight is 457 g/mol. The highest BCUT2D eigenvalue weighted by Gasteiger charge is 2.19. The number of nitrogens with zero attached hydrogens (tertiary/aromatic N) is 2. The van der Waals surface area contributed by atoms with Crippen LogP contribution in [0.5, 0.6) is 0 Å². The summed E-state index contributed by atoms with van der Waals surface area (Å²) in [7, 11) is 0. The summed E-state index contributed by atoms with van der Waals surface area (Å²) in [5.41, 5.74) is 8.41. The van der Waals surface area contributed by atoms with Crippen molar-refractivity contribution < 1.29 is 4.42 Å². The molecule has 0 aliphatic heterocycles. The van der Waals surface area contributed by atoms with E-state index in [2.05, 4.69) is 94.4 Å². The van der Waals surface area contributed by atoms with Crippen LogP contribution in [0.15, 0.2) is 89.7 Å². The van der Waals surface area contributed by atoms with E-state index in [0.29, 0.717) is 0 Å². The van der Waals surface area contributed by atoms with Crippen molar-refractivity contribution >= 4 is 32.6 Å². The molecule has 35 heavy (non-hydrogen) atoms. The molecule has 3 nitrogen and oxygen atoms in total. The van der Waals surface area contributed by atoms with Gasteiger partial charge in [-0.3, -0.25) is 4.98 Å². The summed E-state index contributed by atoms with van der Waals surface area (Å²) in [4.78, 5) is 9.81. The molecule has 0 saturated carbocycles. The van der Waals surface area contributed by atoms with Gasteiger partial charge in [-0.05, 0) is 70.3 Å². The van der Waals surface area contributed by atoms with Crippen LogP contribution in [0.25, 0.3) is 55.0 Å². The van der Waals surface area contributed by atoms with Gasteiger partial charge in [0.1, 0.15) is 5.52 Å². The number of aromatic nitrogens is 2. The monoisotopic (exact) mass is 456 g/mol. The molecule has 0 unspecified atom stereocenters. The predicted molar refractivity (Wildman–Crippen MR) is 146 cm³/mol. The molecule has 0 N–H and O–H groups in total. The lowest BCUT2D eigenvalue weighted by Crippen LogP contribution is -2.13. The minimum atomic E-state index is -0.0464. The fourth-order valence-electron chi connectivity index (χ4n) is 4.79. The number of rotatable bonds is 3. The van der Waals surface area contributed by atoms with Crippen molar-refractivity contribution in [1.29, 1.82) is 0 Å². The first-order valence-electron chi connectivity index (χ1n) is 12.2. The lowest BCUT2D eigenvalue weighted by Gasteiger charge is -2.18. The third-order valence-electron chi connectivity index (χ3n) is 6.85. The molecule has 3 heteroatoms. The van der Waals surface area contributed by atoms with Crippen LogP contribution in [-0.4, -0.2) is 9.97 Å². The van der Waals surface area contributed by atoms with Crippen LogP contribution in [0, 0.1) is 0 Å². The van der Waals surface area contributed by atoms with Crippen molar-refractivity contribution in [2.45, 2.75) is 39.5 Å². The van der Waals surface area contributed by atoms with Gasteiger partial charge >= 0.3 is 0 Å². The Hall–Kier alpha value is -3.98. The molecule has 0 radical (unpaired) electrons. The second kappa shape index (κ2) is 8.06. The lowest BCUT2D eigenvalue weighted by atomic mass is 9.90. The van der Waals surface area contributed by atoms with Crippen LogP contribution in [0.1, 0.15) is 39.0 Å². The normalized spacial score (nSPS) is 12.1. The summed E-state index contributed by atoms with van der Waals surface area (Å²) >= 11 is 0. The molecule has 0 atom stereocenters. The van der Waals surface area contributed by atoms with Crippen LogP contribution in [0.2, 0.25) is 0 Å². The lowest BCUT2D eigenvalue weighted by molar-refractivity contribution is 0.570. The maximum Gasteiger partial charge on any atom is 0.160 e. The van der Waals surface area contributed by atoms with Crippen LogP contribution in [-0.2, 0) is 11.8 Å². The SMILES string of the molecule is CCc1ccc2cc(-c3ccnc(-c4cc5ccoc5c5nc(C(C)(C)C)ccc45)c3)ccc2c1. The third-order valence-corrected chi connectivity index (χ3v) is 6.85. The van der Waals surface area contributed by atoms with Crippen molar-refractivity contribution in [3.05, 3.63) is 96.5 Å². The molecule has 0 bridgehead atoms. The highest BCUT2D eigenvalue weighted by molar-refractivity contribution is 6.09. The zero-order valence-corrected chi connectivity index (χ0v) is 20.6. The molecule has 0 fully saturated rings. The van der Waals surface area contributed by atoms with E-state index in [0.717, 1.165) is 50.8 Å². The fourth-order valence-corrected chi connectivity index (χ4v) is 4.79. The van der Waals surface area contributed by atoms with Crippen molar-refractivity contribution in [3.63, 3.8) is 0 Å². The maximum atomic E-state index is 5.86. The second-order valence-corrected chi connectivity index (χ2v) is 10.3. The molecule has 3 aromatic carbocycles. The quantitative estimate of drug-likeness (QED) is 0.267. The molecule has 0 spiro atoms. The zero-order chi connectivity index (χ0) is 24.2. The molecule has 172 valence electrons. The largest absolute Gasteiger partial charge is 0.462 e. The molecular weight excluding hydrogens is 428 g/mol. The van der Waals surface area contributed by atoms with Gasteiger partial charge in [-0.2, -0.15) is 0 Å². The van der Waals surface area contributed by atoms with E-state index in [1.54, 1.807) is 6.26 Å². The van der Waals surface area contributed by atoms with Crippen molar-refractivity contribution in [2.75, 3.05) is 0 Å². The van der Waals surface area contributed by atoms with E-state index in [-0.39, 0.29) is 5.41 Å². The van der Waals surface area contributed by atoms with Gasteiger partial charge < -0.3 is 4.42 Å². The van der Waals surface area contributed by atoms with Crippen LogP contribution in [0.4, 0.5) is 0 Å². The highest BCUT2D eigenvalue weighted by atomic mass is 16.3. The number of furan rings is 1. The molecule has 0 aliphatic carbocycles. The summed E-state index contributed by atoms with van der Waals surface area (Å²) in [6.07, 6.45) is 4.69. The Labute approximate surface area is 205 Å². The first-order valence-corrected chi connectivity index (χ1v) is 12.2. The van der Waals surface area contributed by atoms with E-state index < -0.39 is 0 Å². The van der Waals surface area contributed by atoms with Gasteiger partial charge in [0.2, 0.25) is 0 Å². The van der Waals surface area contributed by atoms with E-state index >= 15 is 0 Å². The third kappa shape index (κ3) is 3.77. The molecule has 3 aromatic heterocycles. The van der Waals surface area contributed by atoms with Gasteiger partial charge in [0.15, 0.2) is 5.58 Å². The summed E-state index contributed by atoms with van der Waals surface area (Å²) in [6, 6.07) is 26.1. The maximum absolute atomic E-state index is 5.86. The van der Waals surface area contributed by atoms with Crippen molar-refractivity contribution in [1.82, 2.24) is 9.97 Å². The van der Waals surface area contributed by atoms with Crippen LogP contribution < -0.4 is 0 Å².